The second-order valence-electron chi connectivity index (χ2n) is 16.2. The molecule has 0 saturated carbocycles. The van der Waals surface area contributed by atoms with Crippen molar-refractivity contribution in [3.8, 4) is 23.0 Å². The van der Waals surface area contributed by atoms with Crippen LogP contribution >= 0.6 is 0 Å². The number of Topliss-reactive ketones (excluding diaryl/α,β-unsaturated/α-hetero) is 4. The molecule has 2 amide bonds. The van der Waals surface area contributed by atoms with Crippen LogP contribution in [0.3, 0.4) is 0 Å². The minimum Gasteiger partial charge on any atom is -0.457 e. The van der Waals surface area contributed by atoms with Crippen LogP contribution in [-0.4, -0.2) is 69.1 Å². The van der Waals surface area contributed by atoms with E-state index in [1.807, 2.05) is 62.6 Å². The van der Waals surface area contributed by atoms with Crippen LogP contribution in [-0.2, 0) is 0 Å². The number of ketones is 4. The largest absolute Gasteiger partial charge is 0.457 e. The minimum atomic E-state index is -0.997. The molecule has 11 nitrogen and oxygen atoms in total. The number of anilines is 2. The Hall–Kier alpha value is -6.72. The summed E-state index contributed by atoms with van der Waals surface area (Å²) in [7, 11) is 1.80. The van der Waals surface area contributed by atoms with Crippen molar-refractivity contribution in [1.82, 2.24) is 4.90 Å². The van der Waals surface area contributed by atoms with E-state index in [2.05, 4.69) is 0 Å². The van der Waals surface area contributed by atoms with Crippen molar-refractivity contribution in [3.05, 3.63) is 142 Å². The van der Waals surface area contributed by atoms with Crippen LogP contribution in [0.15, 0.2) is 103 Å². The average Bonchev–Trinajstić information content (AvgIpc) is 3.91. The summed E-state index contributed by atoms with van der Waals surface area (Å²) in [6.45, 7) is 9.25. The highest BCUT2D eigenvalue weighted by Gasteiger charge is 2.80. The summed E-state index contributed by atoms with van der Waals surface area (Å²) in [5, 5.41) is 0. The van der Waals surface area contributed by atoms with Crippen molar-refractivity contribution in [2.45, 2.75) is 63.2 Å². The Kier molecular flexibility index (Phi) is 7.04. The summed E-state index contributed by atoms with van der Waals surface area (Å²) >= 11 is 0. The highest BCUT2D eigenvalue weighted by atomic mass is 16.5. The lowest BCUT2D eigenvalue weighted by Crippen LogP contribution is -2.42. The number of aryl methyl sites for hydroxylation is 1. The van der Waals surface area contributed by atoms with Crippen molar-refractivity contribution < 1.29 is 38.2 Å². The van der Waals surface area contributed by atoms with Crippen molar-refractivity contribution >= 4 is 46.3 Å². The van der Waals surface area contributed by atoms with E-state index in [0.29, 0.717) is 57.4 Å². The highest BCUT2D eigenvalue weighted by molar-refractivity contribution is 6.35. The number of hydrogen-bond acceptors (Lipinski definition) is 10. The van der Waals surface area contributed by atoms with Gasteiger partial charge >= 0.3 is 0 Å². The predicted octanol–water partition coefficient (Wildman–Crippen LogP) is 8.03. The standard InChI is InChI=1S/C47H37N3O8/c1-7-47-41(54)36-23-30(17-20-33(36)39(52)46(47,5)48(47)6)58-31-18-21-34-37(24-31)43(56)49(42(34)55)26-9-13-28(14-10-26)57-29-15-11-27(12-16-29)50-44(3)38(51)32-19-8-25(2)22-35(32)40(53)45(44,50)4/h8-24H,7H2,1-6H3. The Morgan fingerprint density at radius 2 is 0.931 bits per heavy atom. The van der Waals surface area contributed by atoms with Gasteiger partial charge in [-0.05, 0) is 132 Å². The fraction of sp³-hybridized carbons (Fsp3) is 0.234. The molecule has 5 unspecified atom stereocenters. The molecule has 0 N–H and O–H groups in total. The first-order valence-corrected chi connectivity index (χ1v) is 19.2. The third kappa shape index (κ3) is 4.20. The van der Waals surface area contributed by atoms with E-state index in [1.54, 1.807) is 79.8 Å². The molecule has 58 heavy (non-hydrogen) atoms. The Bertz CT molecular complexity index is 2780. The molecule has 0 spiro atoms. The lowest BCUT2D eigenvalue weighted by Gasteiger charge is -2.24. The molecule has 5 atom stereocenters. The van der Waals surface area contributed by atoms with E-state index < -0.39 is 34.0 Å². The first-order chi connectivity index (χ1) is 27.6. The number of carbonyl (C=O) groups is 6. The summed E-state index contributed by atoms with van der Waals surface area (Å²) in [6.07, 6.45) is 0.500. The SMILES string of the molecule is CCC12C(=O)c3cc(Oc4ccc5c(c4)C(=O)N(c4ccc(Oc6ccc(N7C8(C)C(=O)c9ccc(C)cc9C(=O)C78C)cc6)cc4)C5=O)ccc3C(=O)C1(C)N2C. The summed E-state index contributed by atoms with van der Waals surface area (Å²) < 4.78 is 12.2. The summed E-state index contributed by atoms with van der Waals surface area (Å²) in [5.74, 6) is 0.232. The van der Waals surface area contributed by atoms with Gasteiger partial charge in [0.1, 0.15) is 45.2 Å². The number of amides is 2. The van der Waals surface area contributed by atoms with Crippen LogP contribution in [0.4, 0.5) is 11.4 Å². The van der Waals surface area contributed by atoms with Crippen LogP contribution < -0.4 is 19.3 Å². The molecule has 0 aromatic heterocycles. The number of ether oxygens (including phenoxy) is 2. The highest BCUT2D eigenvalue weighted by Crippen LogP contribution is 2.61. The van der Waals surface area contributed by atoms with Gasteiger partial charge in [-0.25, -0.2) is 4.90 Å². The molecule has 0 bridgehead atoms. The monoisotopic (exact) mass is 771 g/mol. The van der Waals surface area contributed by atoms with E-state index in [1.165, 1.54) is 12.1 Å². The second kappa shape index (κ2) is 11.4. The molecule has 11 heteroatoms. The second-order valence-corrected chi connectivity index (χ2v) is 16.2. The normalized spacial score (nSPS) is 27.4. The maximum atomic E-state index is 13.7. The topological polar surface area (TPSA) is 130 Å². The summed E-state index contributed by atoms with van der Waals surface area (Å²) in [5.41, 5.74) is 0.240. The molecule has 5 aromatic carbocycles. The maximum Gasteiger partial charge on any atom is 0.266 e. The van der Waals surface area contributed by atoms with Gasteiger partial charge in [-0.1, -0.05) is 24.6 Å². The van der Waals surface area contributed by atoms with Gasteiger partial charge in [0.25, 0.3) is 11.8 Å². The molecule has 2 fully saturated rings. The van der Waals surface area contributed by atoms with E-state index in [9.17, 15) is 28.8 Å². The zero-order valence-electron chi connectivity index (χ0n) is 32.6. The zero-order valence-corrected chi connectivity index (χ0v) is 32.6. The fourth-order valence-corrected chi connectivity index (χ4v) is 10.1. The van der Waals surface area contributed by atoms with E-state index in [0.717, 1.165) is 16.2 Å². The van der Waals surface area contributed by atoms with Crippen molar-refractivity contribution in [3.63, 3.8) is 0 Å². The first kappa shape index (κ1) is 35.7. The first-order valence-electron chi connectivity index (χ1n) is 19.2. The van der Waals surface area contributed by atoms with E-state index in [4.69, 9.17) is 9.47 Å². The Morgan fingerprint density at radius 3 is 1.53 bits per heavy atom. The van der Waals surface area contributed by atoms with Gasteiger partial charge in [0.05, 0.1) is 16.8 Å². The smallest absolute Gasteiger partial charge is 0.266 e. The average molecular weight is 772 g/mol. The molecular weight excluding hydrogens is 735 g/mol. The molecule has 2 saturated heterocycles. The predicted molar refractivity (Wildman–Crippen MR) is 214 cm³/mol. The zero-order chi connectivity index (χ0) is 40.8. The van der Waals surface area contributed by atoms with Crippen LogP contribution in [0, 0.1) is 6.92 Å². The molecule has 3 heterocycles. The third-order valence-electron chi connectivity index (χ3n) is 13.7. The number of hydrogen-bond donors (Lipinski definition) is 0. The van der Waals surface area contributed by atoms with Gasteiger partial charge in [0, 0.05) is 27.9 Å². The molecular formula is C47H37N3O8. The molecule has 3 aliphatic heterocycles. The third-order valence-corrected chi connectivity index (χ3v) is 13.7. The van der Waals surface area contributed by atoms with Gasteiger partial charge in [-0.2, -0.15) is 0 Å². The quantitative estimate of drug-likeness (QED) is 0.118. The number of benzene rings is 5. The Balaban J connectivity index is 0.829. The van der Waals surface area contributed by atoms with Crippen LogP contribution in [0.1, 0.15) is 102 Å². The van der Waals surface area contributed by atoms with Gasteiger partial charge in [0.2, 0.25) is 0 Å². The number of imide groups is 1. The lowest BCUT2D eigenvalue weighted by atomic mass is 9.74. The molecule has 288 valence electrons. The molecule has 2 aliphatic carbocycles. The number of carbonyl (C=O) groups excluding carboxylic acids is 6. The number of rotatable bonds is 7. The van der Waals surface area contributed by atoms with Gasteiger partial charge in [0.15, 0.2) is 23.1 Å². The number of fused-ring (bicyclic) bond motifs is 5. The number of likely N-dealkylation sites (N-methyl/N-ethyl adjacent to an activating group) is 1. The summed E-state index contributed by atoms with van der Waals surface area (Å²) in [4.78, 5) is 86.4. The Morgan fingerprint density at radius 1 is 0.483 bits per heavy atom. The van der Waals surface area contributed by atoms with Crippen LogP contribution in [0.2, 0.25) is 0 Å². The molecule has 5 aromatic rings. The summed E-state index contributed by atoms with van der Waals surface area (Å²) in [6, 6.07) is 28.5. The van der Waals surface area contributed by atoms with Crippen molar-refractivity contribution in [2.75, 3.05) is 16.8 Å². The van der Waals surface area contributed by atoms with E-state index in [-0.39, 0.29) is 34.3 Å². The van der Waals surface area contributed by atoms with Crippen LogP contribution in [0.25, 0.3) is 0 Å². The molecule has 5 aliphatic rings. The van der Waals surface area contributed by atoms with E-state index >= 15 is 0 Å². The Labute approximate surface area is 333 Å². The van der Waals surface area contributed by atoms with Gasteiger partial charge in [-0.15, -0.1) is 0 Å². The van der Waals surface area contributed by atoms with Crippen LogP contribution in [0.5, 0.6) is 23.0 Å². The maximum absolute atomic E-state index is 13.7. The van der Waals surface area contributed by atoms with Crippen molar-refractivity contribution in [1.29, 1.82) is 0 Å². The van der Waals surface area contributed by atoms with Gasteiger partial charge < -0.3 is 14.4 Å². The lowest BCUT2D eigenvalue weighted by molar-refractivity contribution is 0.0844. The molecule has 10 rings (SSSR count). The number of nitrogens with zero attached hydrogens (tertiary/aromatic N) is 3. The fourth-order valence-electron chi connectivity index (χ4n) is 10.1. The molecule has 0 radical (unpaired) electrons. The minimum absolute atomic E-state index is 0.0759. The van der Waals surface area contributed by atoms with Crippen molar-refractivity contribution in [2.24, 2.45) is 0 Å². The van der Waals surface area contributed by atoms with Gasteiger partial charge in [-0.3, -0.25) is 33.7 Å².